The standard InChI is InChI=1S/C25H20N6.Pt/c1-17-12-14-30(19(17)16-26)22-10-6-8-20(28-22)25(3,4)21-9-7-11-23(29-21)31-15-13-18(2)24(31)27-5;/h6-13H,1-4H3;/q-2;+2. The van der Waals surface area contributed by atoms with Gasteiger partial charge in [0.05, 0.1) is 11.9 Å². The normalized spacial score (nSPS) is 10.8. The van der Waals surface area contributed by atoms with E-state index in [1.807, 2.05) is 50.2 Å². The summed E-state index contributed by atoms with van der Waals surface area (Å²) in [5, 5.41) is 9.48. The molecule has 4 aromatic heterocycles. The van der Waals surface area contributed by atoms with Crippen molar-refractivity contribution in [2.45, 2.75) is 33.1 Å². The molecule has 4 heterocycles. The summed E-state index contributed by atoms with van der Waals surface area (Å²) in [5.74, 6) is 1.78. The number of pyridine rings is 2. The van der Waals surface area contributed by atoms with Crippen molar-refractivity contribution in [3.63, 3.8) is 0 Å². The zero-order chi connectivity index (χ0) is 22.2. The van der Waals surface area contributed by atoms with Gasteiger partial charge in [-0.2, -0.15) is 0 Å². The molecule has 0 atom stereocenters. The summed E-state index contributed by atoms with van der Waals surface area (Å²) in [6.45, 7) is 15.3. The zero-order valence-corrected chi connectivity index (χ0v) is 20.4. The molecule has 0 aliphatic carbocycles. The van der Waals surface area contributed by atoms with Crippen LogP contribution in [-0.2, 0) is 26.5 Å². The van der Waals surface area contributed by atoms with E-state index in [1.54, 1.807) is 21.3 Å². The van der Waals surface area contributed by atoms with E-state index in [-0.39, 0.29) is 21.1 Å². The van der Waals surface area contributed by atoms with Crippen molar-refractivity contribution >= 4 is 5.82 Å². The molecule has 0 fully saturated rings. The van der Waals surface area contributed by atoms with E-state index in [4.69, 9.17) is 16.5 Å². The Morgan fingerprint density at radius 2 is 1.47 bits per heavy atom. The summed E-state index contributed by atoms with van der Waals surface area (Å²) in [7, 11) is 0. The number of aromatic nitrogens is 4. The molecule has 160 valence electrons. The molecule has 0 aromatic carbocycles. The molecule has 0 N–H and O–H groups in total. The summed E-state index contributed by atoms with van der Waals surface area (Å²) in [6.07, 6.45) is 6.18. The quantitative estimate of drug-likeness (QED) is 0.310. The molecule has 7 heteroatoms. The Morgan fingerprint density at radius 3 is 2.03 bits per heavy atom. The molecule has 0 amide bonds. The zero-order valence-electron chi connectivity index (χ0n) is 18.1. The predicted molar refractivity (Wildman–Crippen MR) is 117 cm³/mol. The van der Waals surface area contributed by atoms with Gasteiger partial charge >= 0.3 is 21.1 Å². The second-order valence-corrected chi connectivity index (χ2v) is 7.87. The van der Waals surface area contributed by atoms with Gasteiger partial charge < -0.3 is 9.41 Å². The average Bonchev–Trinajstić information content (AvgIpc) is 3.35. The van der Waals surface area contributed by atoms with E-state index in [0.717, 1.165) is 22.5 Å². The van der Waals surface area contributed by atoms with Gasteiger partial charge in [-0.15, -0.1) is 17.7 Å². The van der Waals surface area contributed by atoms with Gasteiger partial charge in [-0.1, -0.05) is 50.4 Å². The fourth-order valence-corrected chi connectivity index (χ4v) is 3.49. The molecule has 0 unspecified atom stereocenters. The first-order valence-corrected chi connectivity index (χ1v) is 9.80. The van der Waals surface area contributed by atoms with Gasteiger partial charge in [0, 0.05) is 28.7 Å². The summed E-state index contributed by atoms with van der Waals surface area (Å²) in [6, 6.07) is 17.3. The number of nitrogens with zero attached hydrogens (tertiary/aromatic N) is 6. The van der Waals surface area contributed by atoms with Gasteiger partial charge in [0.1, 0.15) is 5.82 Å². The molecule has 0 spiro atoms. The van der Waals surface area contributed by atoms with Crippen molar-refractivity contribution in [3.8, 4) is 17.7 Å². The molecule has 0 aliphatic rings. The Labute approximate surface area is 202 Å². The summed E-state index contributed by atoms with van der Waals surface area (Å²) in [4.78, 5) is 13.3. The van der Waals surface area contributed by atoms with Crippen molar-refractivity contribution in [3.05, 3.63) is 101 Å². The molecule has 6 nitrogen and oxygen atoms in total. The Hall–Kier alpha value is -3.47. The maximum absolute atomic E-state index is 9.48. The molecule has 4 rings (SSSR count). The minimum absolute atomic E-state index is 0. The third-order valence-electron chi connectivity index (χ3n) is 5.40. The minimum atomic E-state index is -0.512. The molecule has 0 radical (unpaired) electrons. The number of aryl methyl sites for hydroxylation is 2. The van der Waals surface area contributed by atoms with E-state index in [1.165, 1.54) is 0 Å². The van der Waals surface area contributed by atoms with E-state index in [2.05, 4.69) is 37.2 Å². The summed E-state index contributed by atoms with van der Waals surface area (Å²) < 4.78 is 3.36. The van der Waals surface area contributed by atoms with Crippen LogP contribution in [0.2, 0.25) is 0 Å². The minimum Gasteiger partial charge on any atom is -0.420 e. The number of rotatable bonds is 4. The van der Waals surface area contributed by atoms with Crippen molar-refractivity contribution < 1.29 is 21.1 Å². The molecule has 0 saturated heterocycles. The molecule has 0 aliphatic heterocycles. The maximum atomic E-state index is 9.48. The van der Waals surface area contributed by atoms with Crippen molar-refractivity contribution in [1.29, 1.82) is 5.26 Å². The van der Waals surface area contributed by atoms with Crippen LogP contribution in [-0.4, -0.2) is 19.1 Å². The van der Waals surface area contributed by atoms with Gasteiger partial charge in [-0.25, -0.2) is 5.26 Å². The second-order valence-electron chi connectivity index (χ2n) is 7.87. The number of hydrogen-bond donors (Lipinski definition) is 0. The van der Waals surface area contributed by atoms with Crippen LogP contribution >= 0.6 is 0 Å². The predicted octanol–water partition coefficient (Wildman–Crippen LogP) is 5.02. The molecule has 0 bridgehead atoms. The van der Waals surface area contributed by atoms with Crippen LogP contribution in [0.25, 0.3) is 16.5 Å². The summed E-state index contributed by atoms with van der Waals surface area (Å²) >= 11 is 0. The van der Waals surface area contributed by atoms with Crippen LogP contribution in [0.1, 0.15) is 42.1 Å². The largest absolute Gasteiger partial charge is 2.00 e. The molecule has 0 saturated carbocycles. The first-order valence-electron chi connectivity index (χ1n) is 9.80. The van der Waals surface area contributed by atoms with Crippen molar-refractivity contribution in [1.82, 2.24) is 19.1 Å². The van der Waals surface area contributed by atoms with Gasteiger partial charge in [-0.3, -0.25) is 14.5 Å². The van der Waals surface area contributed by atoms with Crippen LogP contribution in [0.4, 0.5) is 5.82 Å². The van der Waals surface area contributed by atoms with Gasteiger partial charge in [0.25, 0.3) is 0 Å². The Morgan fingerprint density at radius 1 is 0.938 bits per heavy atom. The monoisotopic (exact) mass is 599 g/mol. The molecule has 32 heavy (non-hydrogen) atoms. The van der Waals surface area contributed by atoms with E-state index < -0.39 is 5.41 Å². The molecular formula is C25H20N6Pt. The fraction of sp³-hybridized carbons (Fsp3) is 0.200. The molecular weight excluding hydrogens is 579 g/mol. The third-order valence-corrected chi connectivity index (χ3v) is 5.40. The van der Waals surface area contributed by atoms with Crippen molar-refractivity contribution in [2.75, 3.05) is 0 Å². The fourth-order valence-electron chi connectivity index (χ4n) is 3.49. The third kappa shape index (κ3) is 3.91. The topological polar surface area (TPSA) is 63.8 Å². The molecule has 4 aromatic rings. The van der Waals surface area contributed by atoms with Crippen LogP contribution in [0.5, 0.6) is 0 Å². The smallest absolute Gasteiger partial charge is 0.420 e. The number of hydrogen-bond acceptors (Lipinski definition) is 3. The van der Waals surface area contributed by atoms with E-state index in [0.29, 0.717) is 23.1 Å². The van der Waals surface area contributed by atoms with Crippen molar-refractivity contribution in [2.24, 2.45) is 0 Å². The second kappa shape index (κ2) is 8.95. The Kier molecular flexibility index (Phi) is 6.49. The van der Waals surface area contributed by atoms with Gasteiger partial charge in [-0.05, 0) is 32.0 Å². The van der Waals surface area contributed by atoms with Crippen LogP contribution < -0.4 is 0 Å². The van der Waals surface area contributed by atoms with Gasteiger partial charge in [0.15, 0.2) is 0 Å². The SMILES string of the molecule is [C-]#[N+]c1c(C)c[c-]n1-c1cccc(C(C)(C)c2cccc(-n3[c-]cc(C)c3C#N)n2)n1.[Pt+2]. The Bertz CT molecular complexity index is 1260. The van der Waals surface area contributed by atoms with E-state index >= 15 is 0 Å². The maximum Gasteiger partial charge on any atom is 2.00 e. The van der Waals surface area contributed by atoms with Crippen LogP contribution in [0.15, 0.2) is 48.5 Å². The van der Waals surface area contributed by atoms with E-state index in [9.17, 15) is 5.26 Å². The summed E-state index contributed by atoms with van der Waals surface area (Å²) in [5.41, 5.74) is 3.36. The van der Waals surface area contributed by atoms with Crippen LogP contribution in [0.3, 0.4) is 0 Å². The first kappa shape index (κ1) is 23.2. The first-order chi connectivity index (χ1) is 14.9. The average molecular weight is 600 g/mol. The van der Waals surface area contributed by atoms with Gasteiger partial charge in [0.2, 0.25) is 5.82 Å². The number of nitriles is 1. The Balaban J connectivity index is 0.00000289. The van der Waals surface area contributed by atoms with Crippen LogP contribution in [0, 0.1) is 44.1 Å².